The molecule has 0 aromatic carbocycles. The molecule has 1 rings (SSSR count). The summed E-state index contributed by atoms with van der Waals surface area (Å²) in [5.41, 5.74) is 0. The lowest BCUT2D eigenvalue weighted by atomic mass is 10.2. The van der Waals surface area contributed by atoms with E-state index in [0.717, 1.165) is 19.3 Å². The third-order valence-corrected chi connectivity index (χ3v) is 1.15. The summed E-state index contributed by atoms with van der Waals surface area (Å²) >= 11 is 0. The molecule has 8 heavy (non-hydrogen) atoms. The van der Waals surface area contributed by atoms with Gasteiger partial charge in [-0.25, -0.2) is 0 Å². The minimum Gasteiger partial charge on any atom is -0.473 e. The van der Waals surface area contributed by atoms with Gasteiger partial charge in [-0.15, -0.1) is 0 Å². The Hall–Kier alpha value is -0.500. The molecule has 0 radical (unpaired) electrons. The molecule has 46 valence electrons. The van der Waals surface area contributed by atoms with Crippen LogP contribution in [-0.4, -0.2) is 11.4 Å². The lowest BCUT2D eigenvalue weighted by molar-refractivity contribution is -0.0537. The van der Waals surface area contributed by atoms with Crippen LogP contribution in [0.1, 0.15) is 19.3 Å². The third-order valence-electron chi connectivity index (χ3n) is 1.15. The Kier molecular flexibility index (Phi) is 1.92. The highest BCUT2D eigenvalue weighted by atomic mass is 16.6. The molecule has 0 aromatic rings. The van der Waals surface area contributed by atoms with Gasteiger partial charge in [0.05, 0.1) is 6.26 Å². The Labute approximate surface area is 48.8 Å². The molecule has 0 amide bonds. The van der Waals surface area contributed by atoms with Crippen molar-refractivity contribution in [3.05, 3.63) is 12.3 Å². The van der Waals surface area contributed by atoms with Crippen LogP contribution in [0.25, 0.3) is 0 Å². The largest absolute Gasteiger partial charge is 0.473 e. The average molecular weight is 114 g/mol. The SMILES string of the molecule is OC1CCCC=CO1. The van der Waals surface area contributed by atoms with Gasteiger partial charge in [-0.2, -0.15) is 0 Å². The molecule has 1 N–H and O–H groups in total. The van der Waals surface area contributed by atoms with E-state index in [0.29, 0.717) is 0 Å². The van der Waals surface area contributed by atoms with E-state index in [1.165, 1.54) is 0 Å². The highest BCUT2D eigenvalue weighted by molar-refractivity contribution is 4.76. The summed E-state index contributed by atoms with van der Waals surface area (Å²) in [5.74, 6) is 0. The summed E-state index contributed by atoms with van der Waals surface area (Å²) in [6, 6.07) is 0. The number of hydrogen-bond acceptors (Lipinski definition) is 2. The first-order valence-electron chi connectivity index (χ1n) is 2.88. The van der Waals surface area contributed by atoms with E-state index < -0.39 is 6.29 Å². The van der Waals surface area contributed by atoms with Gasteiger partial charge in [0.1, 0.15) is 0 Å². The van der Waals surface area contributed by atoms with Crippen LogP contribution in [0, 0.1) is 0 Å². The molecule has 1 heterocycles. The first kappa shape index (κ1) is 5.63. The topological polar surface area (TPSA) is 29.5 Å². The van der Waals surface area contributed by atoms with Gasteiger partial charge < -0.3 is 9.84 Å². The second-order valence-electron chi connectivity index (χ2n) is 1.89. The van der Waals surface area contributed by atoms with Crippen LogP contribution < -0.4 is 0 Å². The molecule has 1 unspecified atom stereocenters. The minimum absolute atomic E-state index is 0.561. The normalized spacial score (nSPS) is 28.9. The van der Waals surface area contributed by atoms with Crippen molar-refractivity contribution >= 4 is 0 Å². The number of aliphatic hydroxyl groups is 1. The number of ether oxygens (including phenoxy) is 1. The van der Waals surface area contributed by atoms with Gasteiger partial charge >= 0.3 is 0 Å². The second kappa shape index (κ2) is 2.72. The maximum Gasteiger partial charge on any atom is 0.196 e. The van der Waals surface area contributed by atoms with E-state index in [2.05, 4.69) is 0 Å². The van der Waals surface area contributed by atoms with Crippen LogP contribution in [-0.2, 0) is 4.74 Å². The monoisotopic (exact) mass is 114 g/mol. The van der Waals surface area contributed by atoms with Gasteiger partial charge in [0.15, 0.2) is 6.29 Å². The zero-order chi connectivity index (χ0) is 5.82. The second-order valence-corrected chi connectivity index (χ2v) is 1.89. The van der Waals surface area contributed by atoms with Crippen molar-refractivity contribution in [2.24, 2.45) is 0 Å². The summed E-state index contributed by atoms with van der Waals surface area (Å²) in [4.78, 5) is 0. The molecule has 2 nitrogen and oxygen atoms in total. The fraction of sp³-hybridized carbons (Fsp3) is 0.667. The Bertz CT molecular complexity index is 88.5. The third kappa shape index (κ3) is 1.54. The first-order chi connectivity index (χ1) is 3.89. The van der Waals surface area contributed by atoms with Crippen molar-refractivity contribution in [1.29, 1.82) is 0 Å². The number of allylic oxidation sites excluding steroid dienone is 1. The standard InChI is InChI=1S/C6H10O2/c7-6-4-2-1-3-5-8-6/h3,5-7H,1-2,4H2. The summed E-state index contributed by atoms with van der Waals surface area (Å²) in [5, 5.41) is 8.82. The molecule has 0 aliphatic carbocycles. The predicted octanol–water partition coefficient (Wildman–Crippen LogP) is 1.02. The molecule has 2 heteroatoms. The van der Waals surface area contributed by atoms with Crippen molar-refractivity contribution in [2.45, 2.75) is 25.6 Å². The van der Waals surface area contributed by atoms with Crippen molar-refractivity contribution < 1.29 is 9.84 Å². The van der Waals surface area contributed by atoms with E-state index >= 15 is 0 Å². The minimum atomic E-state index is -0.561. The number of rotatable bonds is 0. The van der Waals surface area contributed by atoms with Crippen LogP contribution in [0.15, 0.2) is 12.3 Å². The van der Waals surface area contributed by atoms with E-state index in [1.54, 1.807) is 6.26 Å². The number of aliphatic hydroxyl groups excluding tert-OH is 1. The molecule has 0 aromatic heterocycles. The van der Waals surface area contributed by atoms with Gasteiger partial charge in [-0.3, -0.25) is 0 Å². The van der Waals surface area contributed by atoms with Crippen LogP contribution in [0.4, 0.5) is 0 Å². The van der Waals surface area contributed by atoms with Crippen LogP contribution >= 0.6 is 0 Å². The summed E-state index contributed by atoms with van der Waals surface area (Å²) < 4.78 is 4.78. The van der Waals surface area contributed by atoms with Crippen molar-refractivity contribution in [3.8, 4) is 0 Å². The quantitative estimate of drug-likeness (QED) is 0.509. The van der Waals surface area contributed by atoms with E-state index in [-0.39, 0.29) is 0 Å². The van der Waals surface area contributed by atoms with Crippen molar-refractivity contribution in [2.75, 3.05) is 0 Å². The van der Waals surface area contributed by atoms with Crippen molar-refractivity contribution in [1.82, 2.24) is 0 Å². The van der Waals surface area contributed by atoms with Gasteiger partial charge in [-0.1, -0.05) is 0 Å². The number of hydrogen-bond donors (Lipinski definition) is 1. The highest BCUT2D eigenvalue weighted by Crippen LogP contribution is 2.07. The summed E-state index contributed by atoms with van der Waals surface area (Å²) in [6.45, 7) is 0. The Morgan fingerprint density at radius 2 is 2.50 bits per heavy atom. The van der Waals surface area contributed by atoms with Crippen molar-refractivity contribution in [3.63, 3.8) is 0 Å². The van der Waals surface area contributed by atoms with Gasteiger partial charge in [0.25, 0.3) is 0 Å². The van der Waals surface area contributed by atoms with Crippen LogP contribution in [0.2, 0.25) is 0 Å². The molecule has 1 aliphatic heterocycles. The maximum atomic E-state index is 8.82. The van der Waals surface area contributed by atoms with E-state index in [9.17, 15) is 0 Å². The lowest BCUT2D eigenvalue weighted by Crippen LogP contribution is -2.05. The van der Waals surface area contributed by atoms with E-state index in [1.807, 2.05) is 6.08 Å². The molecule has 0 saturated heterocycles. The Balaban J connectivity index is 2.30. The molecule has 0 saturated carbocycles. The van der Waals surface area contributed by atoms with Crippen LogP contribution in [0.5, 0.6) is 0 Å². The predicted molar refractivity (Wildman–Crippen MR) is 30.1 cm³/mol. The van der Waals surface area contributed by atoms with Gasteiger partial charge in [0, 0.05) is 6.42 Å². The van der Waals surface area contributed by atoms with Gasteiger partial charge in [-0.05, 0) is 18.9 Å². The van der Waals surface area contributed by atoms with Crippen LogP contribution in [0.3, 0.4) is 0 Å². The fourth-order valence-corrected chi connectivity index (χ4v) is 0.693. The average Bonchev–Trinajstić information content (AvgIpc) is 1.94. The zero-order valence-corrected chi connectivity index (χ0v) is 4.71. The zero-order valence-electron chi connectivity index (χ0n) is 4.71. The molecular formula is C6H10O2. The lowest BCUT2D eigenvalue weighted by Gasteiger charge is -2.04. The summed E-state index contributed by atoms with van der Waals surface area (Å²) in [7, 11) is 0. The first-order valence-corrected chi connectivity index (χ1v) is 2.88. The fourth-order valence-electron chi connectivity index (χ4n) is 0.693. The molecule has 0 bridgehead atoms. The van der Waals surface area contributed by atoms with Gasteiger partial charge in [0.2, 0.25) is 0 Å². The smallest absolute Gasteiger partial charge is 0.196 e. The highest BCUT2D eigenvalue weighted by Gasteiger charge is 2.02. The molecule has 0 fully saturated rings. The Morgan fingerprint density at radius 3 is 3.38 bits per heavy atom. The molecular weight excluding hydrogens is 104 g/mol. The molecule has 1 atom stereocenters. The molecule has 1 aliphatic rings. The summed E-state index contributed by atoms with van der Waals surface area (Å²) in [6.07, 6.45) is 5.74. The molecule has 0 spiro atoms. The van der Waals surface area contributed by atoms with E-state index in [4.69, 9.17) is 9.84 Å². The maximum absolute atomic E-state index is 8.82. The Morgan fingerprint density at radius 1 is 1.62 bits per heavy atom.